The van der Waals surface area contributed by atoms with Gasteiger partial charge in [-0.2, -0.15) is 0 Å². The lowest BCUT2D eigenvalue weighted by Gasteiger charge is -2.21. The van der Waals surface area contributed by atoms with Crippen molar-refractivity contribution in [2.75, 3.05) is 11.4 Å². The van der Waals surface area contributed by atoms with E-state index in [2.05, 4.69) is 21.8 Å². The van der Waals surface area contributed by atoms with Crippen LogP contribution in [-0.4, -0.2) is 22.3 Å². The maximum atomic E-state index is 7.47. The Morgan fingerprint density at radius 3 is 2.74 bits per heavy atom. The lowest BCUT2D eigenvalue weighted by molar-refractivity contribution is 0.794. The summed E-state index contributed by atoms with van der Waals surface area (Å²) in [5.41, 5.74) is 7.17. The van der Waals surface area contributed by atoms with Gasteiger partial charge in [0.1, 0.15) is 11.7 Å². The van der Waals surface area contributed by atoms with Crippen molar-refractivity contribution >= 4 is 11.7 Å². The van der Waals surface area contributed by atoms with Crippen molar-refractivity contribution in [3.8, 4) is 0 Å². The van der Waals surface area contributed by atoms with Crippen LogP contribution >= 0.6 is 0 Å². The Hall–Kier alpha value is -2.43. The van der Waals surface area contributed by atoms with E-state index in [1.165, 1.54) is 0 Å². The monoisotopic (exact) mass is 255 g/mol. The number of rotatable bonds is 5. The molecule has 0 aliphatic heterocycles. The van der Waals surface area contributed by atoms with Gasteiger partial charge in [0.2, 0.25) is 0 Å². The summed E-state index contributed by atoms with van der Waals surface area (Å²) >= 11 is 0. The number of hydrogen-bond donors (Lipinski definition) is 2. The molecule has 19 heavy (non-hydrogen) atoms. The fraction of sp³-hybridized carbons (Fsp3) is 0.214. The highest BCUT2D eigenvalue weighted by atomic mass is 15.2. The fourth-order valence-electron chi connectivity index (χ4n) is 1.80. The van der Waals surface area contributed by atoms with Crippen LogP contribution in [0.15, 0.2) is 42.7 Å². The van der Waals surface area contributed by atoms with Crippen molar-refractivity contribution in [3.05, 3.63) is 54.0 Å². The third kappa shape index (κ3) is 3.28. The average Bonchev–Trinajstić information content (AvgIpc) is 2.46. The highest BCUT2D eigenvalue weighted by Gasteiger charge is 2.08. The molecule has 0 aliphatic rings. The molecule has 0 unspecified atom stereocenters. The van der Waals surface area contributed by atoms with Gasteiger partial charge in [0, 0.05) is 24.5 Å². The minimum atomic E-state index is 0.0533. The molecule has 0 saturated heterocycles. The van der Waals surface area contributed by atoms with Crippen molar-refractivity contribution in [3.63, 3.8) is 0 Å². The van der Waals surface area contributed by atoms with Crippen LogP contribution in [-0.2, 0) is 6.54 Å². The second-order valence-corrected chi connectivity index (χ2v) is 4.15. The molecule has 2 aromatic heterocycles. The van der Waals surface area contributed by atoms with Crippen LogP contribution in [0.2, 0.25) is 0 Å². The van der Waals surface area contributed by atoms with Gasteiger partial charge < -0.3 is 10.6 Å². The molecule has 0 radical (unpaired) electrons. The van der Waals surface area contributed by atoms with Gasteiger partial charge in [-0.15, -0.1) is 0 Å². The molecular formula is C14H17N5. The zero-order chi connectivity index (χ0) is 13.7. The topological polar surface area (TPSA) is 78.9 Å². The molecule has 5 heteroatoms. The number of pyridine rings is 2. The first kappa shape index (κ1) is 13.0. The number of nitrogens with one attached hydrogen (secondary N) is 1. The van der Waals surface area contributed by atoms with Crippen molar-refractivity contribution in [1.29, 1.82) is 5.41 Å². The molecule has 3 N–H and O–H groups in total. The Kier molecular flexibility index (Phi) is 4.07. The summed E-state index contributed by atoms with van der Waals surface area (Å²) in [5.74, 6) is 0.860. The van der Waals surface area contributed by atoms with Crippen LogP contribution in [0, 0.1) is 5.41 Å². The van der Waals surface area contributed by atoms with Crippen LogP contribution in [0.3, 0.4) is 0 Å². The lowest BCUT2D eigenvalue weighted by Crippen LogP contribution is -2.24. The second-order valence-electron chi connectivity index (χ2n) is 4.15. The third-order valence-electron chi connectivity index (χ3n) is 2.84. The van der Waals surface area contributed by atoms with E-state index in [-0.39, 0.29) is 5.84 Å². The van der Waals surface area contributed by atoms with Gasteiger partial charge in [-0.3, -0.25) is 10.4 Å². The maximum Gasteiger partial charge on any atom is 0.129 e. The fourth-order valence-corrected chi connectivity index (χ4v) is 1.80. The van der Waals surface area contributed by atoms with Crippen LogP contribution in [0.4, 0.5) is 5.82 Å². The maximum absolute atomic E-state index is 7.47. The quantitative estimate of drug-likeness (QED) is 0.630. The summed E-state index contributed by atoms with van der Waals surface area (Å²) in [5, 5.41) is 7.47. The van der Waals surface area contributed by atoms with E-state index in [0.717, 1.165) is 18.1 Å². The van der Waals surface area contributed by atoms with Gasteiger partial charge in [-0.1, -0.05) is 6.07 Å². The van der Waals surface area contributed by atoms with Crippen LogP contribution in [0.5, 0.6) is 0 Å². The molecule has 2 heterocycles. The number of amidine groups is 1. The molecule has 2 aromatic rings. The summed E-state index contributed by atoms with van der Waals surface area (Å²) in [6, 6.07) is 9.41. The lowest BCUT2D eigenvalue weighted by atomic mass is 10.2. The first-order valence-electron chi connectivity index (χ1n) is 6.16. The van der Waals surface area contributed by atoms with Crippen molar-refractivity contribution in [2.24, 2.45) is 5.73 Å². The molecule has 0 saturated carbocycles. The molecule has 0 bridgehead atoms. The molecular weight excluding hydrogens is 238 g/mol. The highest BCUT2D eigenvalue weighted by molar-refractivity contribution is 5.95. The third-order valence-corrected chi connectivity index (χ3v) is 2.84. The molecule has 98 valence electrons. The minimum Gasteiger partial charge on any atom is -0.384 e. The number of nitrogen functional groups attached to an aromatic ring is 1. The first-order chi connectivity index (χ1) is 9.20. The van der Waals surface area contributed by atoms with Crippen molar-refractivity contribution in [2.45, 2.75) is 13.5 Å². The molecule has 0 spiro atoms. The first-order valence-corrected chi connectivity index (χ1v) is 6.16. The Morgan fingerprint density at radius 2 is 2.11 bits per heavy atom. The number of hydrogen-bond acceptors (Lipinski definition) is 4. The van der Waals surface area contributed by atoms with Crippen LogP contribution < -0.4 is 10.6 Å². The van der Waals surface area contributed by atoms with Gasteiger partial charge in [-0.25, -0.2) is 4.98 Å². The summed E-state index contributed by atoms with van der Waals surface area (Å²) in [7, 11) is 0. The van der Waals surface area contributed by atoms with Gasteiger partial charge in [-0.05, 0) is 31.2 Å². The summed E-state index contributed by atoms with van der Waals surface area (Å²) in [6.45, 7) is 3.56. The summed E-state index contributed by atoms with van der Waals surface area (Å²) in [4.78, 5) is 10.7. The predicted octanol–water partition coefficient (Wildman–Crippen LogP) is 1.79. The van der Waals surface area contributed by atoms with Gasteiger partial charge in [0.15, 0.2) is 0 Å². The molecule has 0 aliphatic carbocycles. The van der Waals surface area contributed by atoms with E-state index in [1.54, 1.807) is 18.5 Å². The summed E-state index contributed by atoms with van der Waals surface area (Å²) in [6.07, 6.45) is 3.45. The largest absolute Gasteiger partial charge is 0.384 e. The van der Waals surface area contributed by atoms with E-state index in [4.69, 9.17) is 11.1 Å². The van der Waals surface area contributed by atoms with E-state index in [1.807, 2.05) is 24.3 Å². The minimum absolute atomic E-state index is 0.0533. The smallest absolute Gasteiger partial charge is 0.129 e. The molecule has 0 amide bonds. The molecule has 0 fully saturated rings. The SMILES string of the molecule is CCN(Cc1ccccn1)c1cc(C(=N)N)ccn1. The zero-order valence-electron chi connectivity index (χ0n) is 10.9. The Balaban J connectivity index is 2.22. The molecule has 0 aromatic carbocycles. The Bertz CT molecular complexity index is 553. The van der Waals surface area contributed by atoms with E-state index in [9.17, 15) is 0 Å². The Labute approximate surface area is 112 Å². The molecule has 0 atom stereocenters. The van der Waals surface area contributed by atoms with Crippen LogP contribution in [0.1, 0.15) is 18.2 Å². The van der Waals surface area contributed by atoms with E-state index in [0.29, 0.717) is 12.1 Å². The van der Waals surface area contributed by atoms with Gasteiger partial charge in [0.25, 0.3) is 0 Å². The number of aromatic nitrogens is 2. The standard InChI is InChI=1S/C14H17N5/c1-2-19(10-12-5-3-4-7-17-12)13-9-11(14(15)16)6-8-18-13/h3-9H,2,10H2,1H3,(H3,15,16). The van der Waals surface area contributed by atoms with Crippen molar-refractivity contribution in [1.82, 2.24) is 9.97 Å². The number of nitrogens with two attached hydrogens (primary N) is 1. The van der Waals surface area contributed by atoms with E-state index < -0.39 is 0 Å². The van der Waals surface area contributed by atoms with Crippen LogP contribution in [0.25, 0.3) is 0 Å². The van der Waals surface area contributed by atoms with Crippen molar-refractivity contribution < 1.29 is 0 Å². The number of anilines is 1. The number of nitrogens with zero attached hydrogens (tertiary/aromatic N) is 3. The predicted molar refractivity (Wildman–Crippen MR) is 76.2 cm³/mol. The highest BCUT2D eigenvalue weighted by Crippen LogP contribution is 2.14. The molecule has 2 rings (SSSR count). The van der Waals surface area contributed by atoms with Gasteiger partial charge in [0.05, 0.1) is 12.2 Å². The van der Waals surface area contributed by atoms with E-state index >= 15 is 0 Å². The van der Waals surface area contributed by atoms with Gasteiger partial charge >= 0.3 is 0 Å². The zero-order valence-corrected chi connectivity index (χ0v) is 10.9. The second kappa shape index (κ2) is 5.95. The molecule has 5 nitrogen and oxygen atoms in total. The average molecular weight is 255 g/mol. The Morgan fingerprint density at radius 1 is 1.26 bits per heavy atom. The summed E-state index contributed by atoms with van der Waals surface area (Å²) < 4.78 is 0. The normalized spacial score (nSPS) is 10.2.